The van der Waals surface area contributed by atoms with Crippen LogP contribution in [0, 0.1) is 17.2 Å². The Morgan fingerprint density at radius 3 is 2.35 bits per heavy atom. The van der Waals surface area contributed by atoms with Crippen molar-refractivity contribution >= 4 is 11.8 Å². The summed E-state index contributed by atoms with van der Waals surface area (Å²) in [5, 5.41) is 8.87. The zero-order valence-corrected chi connectivity index (χ0v) is 18.2. The van der Waals surface area contributed by atoms with Crippen molar-refractivity contribution in [2.45, 2.75) is 33.3 Å². The number of nitrogens with zero attached hydrogens (tertiary/aromatic N) is 3. The van der Waals surface area contributed by atoms with E-state index in [0.29, 0.717) is 62.0 Å². The third-order valence-corrected chi connectivity index (χ3v) is 5.42. The molecule has 0 unspecified atom stereocenters. The number of hydrogen-bond acceptors (Lipinski definition) is 4. The van der Waals surface area contributed by atoms with Gasteiger partial charge in [-0.25, -0.2) is 0 Å². The molecule has 0 radical (unpaired) electrons. The smallest absolute Gasteiger partial charge is 0.253 e. The molecule has 2 amide bonds. The first-order valence-electron chi connectivity index (χ1n) is 10.7. The number of piperazine rings is 1. The molecule has 0 atom stereocenters. The molecule has 0 bridgehead atoms. The predicted octanol–water partition coefficient (Wildman–Crippen LogP) is 3.86. The molecule has 1 fully saturated rings. The average molecular weight is 420 g/mol. The van der Waals surface area contributed by atoms with Gasteiger partial charge in [0.1, 0.15) is 12.4 Å². The highest BCUT2D eigenvalue weighted by molar-refractivity contribution is 5.94. The van der Waals surface area contributed by atoms with Crippen LogP contribution in [0.2, 0.25) is 0 Å². The van der Waals surface area contributed by atoms with Gasteiger partial charge in [-0.3, -0.25) is 9.59 Å². The maximum absolute atomic E-state index is 12.9. The minimum absolute atomic E-state index is 0.0190. The molecular formula is C25H29N3O3. The largest absolute Gasteiger partial charge is 0.489 e. The maximum atomic E-state index is 12.9. The summed E-state index contributed by atoms with van der Waals surface area (Å²) in [6, 6.07) is 16.5. The second kappa shape index (κ2) is 10.6. The number of benzene rings is 2. The van der Waals surface area contributed by atoms with Crippen molar-refractivity contribution in [3.63, 3.8) is 0 Å². The van der Waals surface area contributed by atoms with Gasteiger partial charge in [0, 0.05) is 38.2 Å². The minimum atomic E-state index is -0.0190. The Morgan fingerprint density at radius 1 is 1.03 bits per heavy atom. The second-order valence-electron chi connectivity index (χ2n) is 8.23. The van der Waals surface area contributed by atoms with Crippen LogP contribution in [-0.2, 0) is 11.4 Å². The zero-order chi connectivity index (χ0) is 22.2. The van der Waals surface area contributed by atoms with Gasteiger partial charge in [-0.15, -0.1) is 0 Å². The van der Waals surface area contributed by atoms with Crippen LogP contribution < -0.4 is 4.74 Å². The molecule has 1 aliphatic rings. The molecule has 2 aromatic carbocycles. The summed E-state index contributed by atoms with van der Waals surface area (Å²) in [7, 11) is 0. The molecule has 31 heavy (non-hydrogen) atoms. The first-order valence-corrected chi connectivity index (χ1v) is 10.7. The summed E-state index contributed by atoms with van der Waals surface area (Å²) in [4.78, 5) is 28.9. The summed E-state index contributed by atoms with van der Waals surface area (Å²) < 4.78 is 5.77. The Labute approximate surface area is 184 Å². The van der Waals surface area contributed by atoms with E-state index in [1.54, 1.807) is 24.3 Å². The van der Waals surface area contributed by atoms with Gasteiger partial charge in [-0.2, -0.15) is 5.26 Å². The van der Waals surface area contributed by atoms with E-state index in [-0.39, 0.29) is 11.8 Å². The van der Waals surface area contributed by atoms with Crippen molar-refractivity contribution in [1.29, 1.82) is 5.26 Å². The van der Waals surface area contributed by atoms with Crippen LogP contribution >= 0.6 is 0 Å². The maximum Gasteiger partial charge on any atom is 0.253 e. The van der Waals surface area contributed by atoms with Crippen LogP contribution in [0.3, 0.4) is 0 Å². The molecule has 6 heteroatoms. The summed E-state index contributed by atoms with van der Waals surface area (Å²) in [5.41, 5.74) is 2.11. The average Bonchev–Trinajstić information content (AvgIpc) is 2.81. The van der Waals surface area contributed by atoms with Crippen LogP contribution in [0.1, 0.15) is 48.2 Å². The van der Waals surface area contributed by atoms with Gasteiger partial charge in [-0.1, -0.05) is 26.0 Å². The molecule has 6 nitrogen and oxygen atoms in total. The number of nitriles is 1. The van der Waals surface area contributed by atoms with E-state index in [9.17, 15) is 9.59 Å². The predicted molar refractivity (Wildman–Crippen MR) is 118 cm³/mol. The van der Waals surface area contributed by atoms with E-state index in [2.05, 4.69) is 19.9 Å². The van der Waals surface area contributed by atoms with Gasteiger partial charge in [0.2, 0.25) is 5.91 Å². The van der Waals surface area contributed by atoms with Crippen LogP contribution in [-0.4, -0.2) is 47.8 Å². The SMILES string of the molecule is CC(C)CCC(=O)N1CCN(C(=O)c2cccc(COc3ccc(C#N)cc3)c2)CC1. The highest BCUT2D eigenvalue weighted by Gasteiger charge is 2.24. The van der Waals surface area contributed by atoms with E-state index >= 15 is 0 Å². The lowest BCUT2D eigenvalue weighted by Crippen LogP contribution is -2.50. The number of carbonyl (C=O) groups excluding carboxylic acids is 2. The quantitative estimate of drug-likeness (QED) is 0.683. The summed E-state index contributed by atoms with van der Waals surface area (Å²) in [6.07, 6.45) is 1.47. The molecule has 1 saturated heterocycles. The minimum Gasteiger partial charge on any atom is -0.489 e. The van der Waals surface area contributed by atoms with E-state index < -0.39 is 0 Å². The Kier molecular flexibility index (Phi) is 7.66. The molecule has 1 heterocycles. The Bertz CT molecular complexity index is 939. The summed E-state index contributed by atoms with van der Waals surface area (Å²) in [5.74, 6) is 1.35. The summed E-state index contributed by atoms with van der Waals surface area (Å²) in [6.45, 7) is 6.86. The summed E-state index contributed by atoms with van der Waals surface area (Å²) >= 11 is 0. The van der Waals surface area contributed by atoms with E-state index in [4.69, 9.17) is 10.00 Å². The Morgan fingerprint density at radius 2 is 1.71 bits per heavy atom. The van der Waals surface area contributed by atoms with Crippen molar-refractivity contribution in [3.8, 4) is 11.8 Å². The van der Waals surface area contributed by atoms with Crippen LogP contribution in [0.5, 0.6) is 5.75 Å². The molecule has 3 rings (SSSR count). The normalized spacial score (nSPS) is 13.7. The fourth-order valence-electron chi connectivity index (χ4n) is 3.50. The zero-order valence-electron chi connectivity index (χ0n) is 18.2. The fraction of sp³-hybridized carbons (Fsp3) is 0.400. The van der Waals surface area contributed by atoms with Gasteiger partial charge in [0.25, 0.3) is 5.91 Å². The van der Waals surface area contributed by atoms with Crippen LogP contribution in [0.4, 0.5) is 0 Å². The first-order chi connectivity index (χ1) is 15.0. The Hall–Kier alpha value is -3.33. The lowest BCUT2D eigenvalue weighted by Gasteiger charge is -2.35. The molecule has 0 N–H and O–H groups in total. The highest BCUT2D eigenvalue weighted by atomic mass is 16.5. The van der Waals surface area contributed by atoms with Crippen molar-refractivity contribution in [2.75, 3.05) is 26.2 Å². The van der Waals surface area contributed by atoms with E-state index in [1.807, 2.05) is 34.1 Å². The molecular weight excluding hydrogens is 390 g/mol. The molecule has 0 spiro atoms. The second-order valence-corrected chi connectivity index (χ2v) is 8.23. The number of ether oxygens (including phenoxy) is 1. The number of amides is 2. The van der Waals surface area contributed by atoms with Gasteiger partial charge in [0.15, 0.2) is 0 Å². The Balaban J connectivity index is 1.53. The standard InChI is InChI=1S/C25H29N3O3/c1-19(2)6-11-24(29)27-12-14-28(15-13-27)25(30)22-5-3-4-21(16-22)18-31-23-9-7-20(17-26)8-10-23/h3-5,7-10,16,19H,6,11-15,18H2,1-2H3. The highest BCUT2D eigenvalue weighted by Crippen LogP contribution is 2.16. The molecule has 162 valence electrons. The van der Waals surface area contributed by atoms with Crippen molar-refractivity contribution in [1.82, 2.24) is 9.80 Å². The number of rotatable bonds is 7. The third kappa shape index (κ3) is 6.32. The first kappa shape index (κ1) is 22.4. The van der Waals surface area contributed by atoms with Crippen LogP contribution in [0.25, 0.3) is 0 Å². The fourth-order valence-corrected chi connectivity index (χ4v) is 3.50. The third-order valence-electron chi connectivity index (χ3n) is 5.42. The van der Waals surface area contributed by atoms with Crippen molar-refractivity contribution < 1.29 is 14.3 Å². The number of hydrogen-bond donors (Lipinski definition) is 0. The van der Waals surface area contributed by atoms with Gasteiger partial charge < -0.3 is 14.5 Å². The molecule has 0 saturated carbocycles. The van der Waals surface area contributed by atoms with Crippen molar-refractivity contribution in [2.24, 2.45) is 5.92 Å². The van der Waals surface area contributed by atoms with Gasteiger partial charge >= 0.3 is 0 Å². The van der Waals surface area contributed by atoms with Gasteiger partial charge in [0.05, 0.1) is 11.6 Å². The van der Waals surface area contributed by atoms with E-state index in [1.165, 1.54) is 0 Å². The topological polar surface area (TPSA) is 73.6 Å². The van der Waals surface area contributed by atoms with Crippen molar-refractivity contribution in [3.05, 3.63) is 65.2 Å². The van der Waals surface area contributed by atoms with Crippen LogP contribution in [0.15, 0.2) is 48.5 Å². The lowest BCUT2D eigenvalue weighted by molar-refractivity contribution is -0.132. The lowest BCUT2D eigenvalue weighted by atomic mass is 10.1. The monoisotopic (exact) mass is 419 g/mol. The molecule has 0 aliphatic carbocycles. The molecule has 2 aromatic rings. The molecule has 1 aliphatic heterocycles. The van der Waals surface area contributed by atoms with Gasteiger partial charge in [-0.05, 0) is 54.3 Å². The molecule has 0 aromatic heterocycles. The number of carbonyl (C=O) groups is 2. The van der Waals surface area contributed by atoms with E-state index in [0.717, 1.165) is 12.0 Å².